The number of aliphatic carboxylic acids is 1. The standard InChI is InChI=1S/C16H22N2O2/c19-16(20)14-6-8-18(9-7-14)15-11-17(12-15)10-13-4-2-1-3-5-13/h1-5,14-15H,6-12H2,(H,19,20). The van der Waals surface area contributed by atoms with Gasteiger partial charge in [-0.05, 0) is 31.5 Å². The zero-order valence-corrected chi connectivity index (χ0v) is 11.7. The van der Waals surface area contributed by atoms with Crippen LogP contribution < -0.4 is 0 Å². The molecule has 20 heavy (non-hydrogen) atoms. The summed E-state index contributed by atoms with van der Waals surface area (Å²) in [7, 11) is 0. The first-order chi connectivity index (χ1) is 9.72. The van der Waals surface area contributed by atoms with Crippen molar-refractivity contribution in [2.24, 2.45) is 5.92 Å². The zero-order valence-electron chi connectivity index (χ0n) is 11.7. The van der Waals surface area contributed by atoms with Crippen LogP contribution >= 0.6 is 0 Å². The summed E-state index contributed by atoms with van der Waals surface area (Å²) in [6.07, 6.45) is 1.62. The van der Waals surface area contributed by atoms with E-state index in [0.29, 0.717) is 6.04 Å². The van der Waals surface area contributed by atoms with Crippen molar-refractivity contribution in [2.75, 3.05) is 26.2 Å². The molecule has 1 N–H and O–H groups in total. The largest absolute Gasteiger partial charge is 0.481 e. The maximum Gasteiger partial charge on any atom is 0.306 e. The van der Waals surface area contributed by atoms with Gasteiger partial charge in [0.25, 0.3) is 0 Å². The number of rotatable bonds is 4. The summed E-state index contributed by atoms with van der Waals surface area (Å²) in [5.74, 6) is -0.740. The van der Waals surface area contributed by atoms with E-state index in [4.69, 9.17) is 5.11 Å². The van der Waals surface area contributed by atoms with Gasteiger partial charge in [0.15, 0.2) is 0 Å². The molecule has 4 nitrogen and oxygen atoms in total. The van der Waals surface area contributed by atoms with Crippen LogP contribution in [0.2, 0.25) is 0 Å². The van der Waals surface area contributed by atoms with Crippen molar-refractivity contribution in [3.05, 3.63) is 35.9 Å². The number of carbonyl (C=O) groups is 1. The molecule has 2 aliphatic rings. The van der Waals surface area contributed by atoms with Gasteiger partial charge < -0.3 is 5.11 Å². The Hall–Kier alpha value is -1.39. The molecule has 0 spiro atoms. The topological polar surface area (TPSA) is 43.8 Å². The van der Waals surface area contributed by atoms with Crippen molar-refractivity contribution in [3.63, 3.8) is 0 Å². The summed E-state index contributed by atoms with van der Waals surface area (Å²) in [6.45, 7) is 5.16. The number of nitrogens with zero attached hydrogens (tertiary/aromatic N) is 2. The molecule has 2 heterocycles. The first-order valence-corrected chi connectivity index (χ1v) is 7.45. The highest BCUT2D eigenvalue weighted by atomic mass is 16.4. The van der Waals surface area contributed by atoms with Gasteiger partial charge in [-0.25, -0.2) is 0 Å². The molecule has 0 aromatic heterocycles. The van der Waals surface area contributed by atoms with Gasteiger partial charge in [0.05, 0.1) is 5.92 Å². The minimum atomic E-state index is -0.621. The second-order valence-corrected chi connectivity index (χ2v) is 5.98. The number of carboxylic acid groups (broad SMARTS) is 1. The van der Waals surface area contributed by atoms with Gasteiger partial charge in [0.2, 0.25) is 0 Å². The van der Waals surface area contributed by atoms with E-state index in [-0.39, 0.29) is 5.92 Å². The van der Waals surface area contributed by atoms with Gasteiger partial charge in [0, 0.05) is 25.7 Å². The first-order valence-electron chi connectivity index (χ1n) is 7.45. The molecule has 1 aromatic rings. The van der Waals surface area contributed by atoms with Crippen molar-refractivity contribution in [1.82, 2.24) is 9.80 Å². The van der Waals surface area contributed by atoms with E-state index >= 15 is 0 Å². The lowest BCUT2D eigenvalue weighted by atomic mass is 9.94. The average Bonchev–Trinajstić information content (AvgIpc) is 2.44. The number of carboxylic acids is 1. The molecular weight excluding hydrogens is 252 g/mol. The minimum Gasteiger partial charge on any atom is -0.481 e. The Bertz CT molecular complexity index is 449. The van der Waals surface area contributed by atoms with Crippen LogP contribution in [0.3, 0.4) is 0 Å². The normalized spacial score (nSPS) is 22.6. The summed E-state index contributed by atoms with van der Waals surface area (Å²) < 4.78 is 0. The lowest BCUT2D eigenvalue weighted by molar-refractivity contribution is -0.143. The van der Waals surface area contributed by atoms with Gasteiger partial charge in [-0.15, -0.1) is 0 Å². The van der Waals surface area contributed by atoms with Crippen molar-refractivity contribution >= 4 is 5.97 Å². The number of likely N-dealkylation sites (tertiary alicyclic amines) is 2. The fourth-order valence-corrected chi connectivity index (χ4v) is 3.26. The van der Waals surface area contributed by atoms with E-state index in [2.05, 4.69) is 40.1 Å². The van der Waals surface area contributed by atoms with Crippen LogP contribution in [0.25, 0.3) is 0 Å². The van der Waals surface area contributed by atoms with Crippen LogP contribution in [0.1, 0.15) is 18.4 Å². The van der Waals surface area contributed by atoms with E-state index in [0.717, 1.165) is 45.6 Å². The number of piperidine rings is 1. The molecule has 0 radical (unpaired) electrons. The lowest BCUT2D eigenvalue weighted by Gasteiger charge is -2.47. The quantitative estimate of drug-likeness (QED) is 0.907. The Morgan fingerprint density at radius 2 is 1.80 bits per heavy atom. The van der Waals surface area contributed by atoms with E-state index in [1.807, 2.05) is 0 Å². The van der Waals surface area contributed by atoms with Crippen molar-refractivity contribution in [2.45, 2.75) is 25.4 Å². The summed E-state index contributed by atoms with van der Waals surface area (Å²) in [6, 6.07) is 11.2. The second-order valence-electron chi connectivity index (χ2n) is 5.98. The molecule has 0 aliphatic carbocycles. The molecular formula is C16H22N2O2. The van der Waals surface area contributed by atoms with Crippen LogP contribution in [0.15, 0.2) is 30.3 Å². The molecule has 0 atom stereocenters. The highest BCUT2D eigenvalue weighted by Crippen LogP contribution is 2.24. The number of hydrogen-bond donors (Lipinski definition) is 1. The Kier molecular flexibility index (Phi) is 4.03. The molecule has 2 saturated heterocycles. The fourth-order valence-electron chi connectivity index (χ4n) is 3.26. The van der Waals surface area contributed by atoms with Crippen molar-refractivity contribution in [1.29, 1.82) is 0 Å². The Labute approximate surface area is 120 Å². The molecule has 0 amide bonds. The first kappa shape index (κ1) is 13.6. The summed E-state index contributed by atoms with van der Waals surface area (Å²) in [5, 5.41) is 9.01. The molecule has 4 heteroatoms. The van der Waals surface area contributed by atoms with Crippen LogP contribution in [0.4, 0.5) is 0 Å². The third-order valence-corrected chi connectivity index (χ3v) is 4.58. The highest BCUT2D eigenvalue weighted by molar-refractivity contribution is 5.70. The monoisotopic (exact) mass is 274 g/mol. The molecule has 0 unspecified atom stereocenters. The smallest absolute Gasteiger partial charge is 0.306 e. The summed E-state index contributed by atoms with van der Waals surface area (Å²) in [4.78, 5) is 15.9. The summed E-state index contributed by atoms with van der Waals surface area (Å²) >= 11 is 0. The molecule has 3 rings (SSSR count). The molecule has 0 saturated carbocycles. The lowest BCUT2D eigenvalue weighted by Crippen LogP contribution is -2.60. The molecule has 1 aromatic carbocycles. The summed E-state index contributed by atoms with van der Waals surface area (Å²) in [5.41, 5.74) is 1.37. The van der Waals surface area contributed by atoms with Crippen LogP contribution in [0, 0.1) is 5.92 Å². The third-order valence-electron chi connectivity index (χ3n) is 4.58. The predicted octanol–water partition coefficient (Wildman–Crippen LogP) is 1.67. The SMILES string of the molecule is O=C(O)C1CCN(C2CN(Cc3ccccc3)C2)CC1. The third kappa shape index (κ3) is 3.02. The van der Waals surface area contributed by atoms with Gasteiger partial charge in [-0.1, -0.05) is 30.3 Å². The molecule has 2 fully saturated rings. The van der Waals surface area contributed by atoms with Crippen LogP contribution in [-0.4, -0.2) is 53.1 Å². The Morgan fingerprint density at radius 3 is 2.40 bits per heavy atom. The number of hydrogen-bond acceptors (Lipinski definition) is 3. The maximum atomic E-state index is 10.9. The Morgan fingerprint density at radius 1 is 1.15 bits per heavy atom. The fraction of sp³-hybridized carbons (Fsp3) is 0.562. The van der Waals surface area contributed by atoms with Gasteiger partial charge in [-0.2, -0.15) is 0 Å². The van der Waals surface area contributed by atoms with Gasteiger partial charge >= 0.3 is 5.97 Å². The minimum absolute atomic E-state index is 0.119. The van der Waals surface area contributed by atoms with Crippen molar-refractivity contribution in [3.8, 4) is 0 Å². The molecule has 108 valence electrons. The highest BCUT2D eigenvalue weighted by Gasteiger charge is 2.34. The van der Waals surface area contributed by atoms with Crippen molar-refractivity contribution < 1.29 is 9.90 Å². The molecule has 0 bridgehead atoms. The van der Waals surface area contributed by atoms with E-state index < -0.39 is 5.97 Å². The van der Waals surface area contributed by atoms with Gasteiger partial charge in [0.1, 0.15) is 0 Å². The average molecular weight is 274 g/mol. The van der Waals surface area contributed by atoms with E-state index in [1.54, 1.807) is 0 Å². The maximum absolute atomic E-state index is 10.9. The predicted molar refractivity (Wildman–Crippen MR) is 77.4 cm³/mol. The van der Waals surface area contributed by atoms with Gasteiger partial charge in [-0.3, -0.25) is 14.6 Å². The Balaban J connectivity index is 1.41. The number of benzene rings is 1. The van der Waals surface area contributed by atoms with Crippen LogP contribution in [-0.2, 0) is 11.3 Å². The van der Waals surface area contributed by atoms with E-state index in [1.165, 1.54) is 5.56 Å². The van der Waals surface area contributed by atoms with E-state index in [9.17, 15) is 4.79 Å². The molecule has 2 aliphatic heterocycles. The van der Waals surface area contributed by atoms with Crippen LogP contribution in [0.5, 0.6) is 0 Å². The second kappa shape index (κ2) is 5.94. The zero-order chi connectivity index (χ0) is 13.9.